The molecule has 0 aromatic heterocycles. The van der Waals surface area contributed by atoms with E-state index in [1.807, 2.05) is 19.1 Å². The first kappa shape index (κ1) is 17.2. The lowest BCUT2D eigenvalue weighted by Crippen LogP contribution is -2.12. The van der Waals surface area contributed by atoms with E-state index in [1.54, 1.807) is 36.4 Å². The summed E-state index contributed by atoms with van der Waals surface area (Å²) in [6, 6.07) is 13.9. The molecule has 0 aliphatic heterocycles. The average Bonchev–Trinajstić information content (AvgIpc) is 2.57. The highest BCUT2D eigenvalue weighted by atomic mass is 16.4. The van der Waals surface area contributed by atoms with Gasteiger partial charge in [0.25, 0.3) is 5.91 Å². The fourth-order valence-corrected chi connectivity index (χ4v) is 2.13. The summed E-state index contributed by atoms with van der Waals surface area (Å²) >= 11 is 0. The van der Waals surface area contributed by atoms with E-state index < -0.39 is 5.97 Å². The quantitative estimate of drug-likeness (QED) is 0.431. The third kappa shape index (κ3) is 4.67. The van der Waals surface area contributed by atoms with E-state index in [1.165, 1.54) is 0 Å². The molecule has 0 saturated heterocycles. The fraction of sp³-hybridized carbons (Fsp3) is 0.167. The second-order valence-electron chi connectivity index (χ2n) is 5.34. The number of anilines is 1. The van der Waals surface area contributed by atoms with Crippen molar-refractivity contribution < 1.29 is 19.9 Å². The van der Waals surface area contributed by atoms with Gasteiger partial charge in [0.2, 0.25) is 0 Å². The zero-order chi connectivity index (χ0) is 17.5. The van der Waals surface area contributed by atoms with Crippen LogP contribution in [0, 0.1) is 6.92 Å². The SMILES string of the molecule is Cc1ccc(C(=O)Nc2ccc(/C(CCC(=O)O)=N\O)cc2)cc1. The van der Waals surface area contributed by atoms with Crippen molar-refractivity contribution in [2.24, 2.45) is 5.16 Å². The summed E-state index contributed by atoms with van der Waals surface area (Å²) in [5, 5.41) is 23.6. The van der Waals surface area contributed by atoms with Gasteiger partial charge in [-0.15, -0.1) is 0 Å². The van der Waals surface area contributed by atoms with Crippen LogP contribution in [0.4, 0.5) is 5.69 Å². The number of benzene rings is 2. The van der Waals surface area contributed by atoms with Gasteiger partial charge in [-0.3, -0.25) is 9.59 Å². The number of rotatable bonds is 6. The number of aliphatic carboxylic acids is 1. The minimum Gasteiger partial charge on any atom is -0.481 e. The number of amides is 1. The van der Waals surface area contributed by atoms with Crippen molar-refractivity contribution in [2.75, 3.05) is 5.32 Å². The lowest BCUT2D eigenvalue weighted by Gasteiger charge is -2.08. The lowest BCUT2D eigenvalue weighted by atomic mass is 10.1. The molecule has 0 aliphatic rings. The third-order valence-corrected chi connectivity index (χ3v) is 3.49. The van der Waals surface area contributed by atoms with E-state index >= 15 is 0 Å². The van der Waals surface area contributed by atoms with Crippen LogP contribution in [0.3, 0.4) is 0 Å². The minimum absolute atomic E-state index is 0.120. The molecular weight excluding hydrogens is 308 g/mol. The lowest BCUT2D eigenvalue weighted by molar-refractivity contribution is -0.136. The van der Waals surface area contributed by atoms with Crippen LogP contribution in [-0.4, -0.2) is 27.9 Å². The molecule has 0 saturated carbocycles. The molecule has 2 rings (SSSR count). The number of carboxylic acids is 1. The number of hydrogen-bond acceptors (Lipinski definition) is 4. The summed E-state index contributed by atoms with van der Waals surface area (Å²) in [6.45, 7) is 1.95. The first-order chi connectivity index (χ1) is 11.5. The van der Waals surface area contributed by atoms with Crippen LogP contribution in [-0.2, 0) is 4.79 Å². The monoisotopic (exact) mass is 326 g/mol. The first-order valence-electron chi connectivity index (χ1n) is 7.41. The molecule has 1 amide bonds. The molecule has 0 aliphatic carbocycles. The van der Waals surface area contributed by atoms with E-state index in [9.17, 15) is 9.59 Å². The average molecular weight is 326 g/mol. The molecular formula is C18H18N2O4. The second-order valence-corrected chi connectivity index (χ2v) is 5.34. The highest BCUT2D eigenvalue weighted by Crippen LogP contribution is 2.14. The zero-order valence-corrected chi connectivity index (χ0v) is 13.2. The van der Waals surface area contributed by atoms with Crippen LogP contribution in [0.2, 0.25) is 0 Å². The molecule has 0 bridgehead atoms. The highest BCUT2D eigenvalue weighted by molar-refractivity contribution is 6.05. The minimum atomic E-state index is -0.960. The molecule has 6 heteroatoms. The second kappa shape index (κ2) is 7.92. The van der Waals surface area contributed by atoms with Crippen LogP contribution in [0.15, 0.2) is 53.7 Å². The first-order valence-corrected chi connectivity index (χ1v) is 7.41. The molecule has 3 N–H and O–H groups in total. The van der Waals surface area contributed by atoms with E-state index in [0.717, 1.165) is 5.56 Å². The van der Waals surface area contributed by atoms with E-state index in [0.29, 0.717) is 16.8 Å². The number of carboxylic acid groups (broad SMARTS) is 1. The van der Waals surface area contributed by atoms with Crippen molar-refractivity contribution in [3.63, 3.8) is 0 Å². The summed E-state index contributed by atoms with van der Waals surface area (Å²) in [4.78, 5) is 22.7. The zero-order valence-electron chi connectivity index (χ0n) is 13.2. The maximum Gasteiger partial charge on any atom is 0.303 e. The topological polar surface area (TPSA) is 99.0 Å². The van der Waals surface area contributed by atoms with Crippen molar-refractivity contribution in [2.45, 2.75) is 19.8 Å². The molecule has 2 aromatic rings. The van der Waals surface area contributed by atoms with Crippen molar-refractivity contribution in [1.82, 2.24) is 0 Å². The van der Waals surface area contributed by atoms with Crippen molar-refractivity contribution in [1.29, 1.82) is 0 Å². The summed E-state index contributed by atoms with van der Waals surface area (Å²) < 4.78 is 0. The fourth-order valence-electron chi connectivity index (χ4n) is 2.13. The number of oxime groups is 1. The Bertz CT molecular complexity index is 750. The van der Waals surface area contributed by atoms with Crippen molar-refractivity contribution in [3.05, 3.63) is 65.2 Å². The van der Waals surface area contributed by atoms with Gasteiger partial charge in [-0.25, -0.2) is 0 Å². The van der Waals surface area contributed by atoms with Crippen molar-refractivity contribution in [3.8, 4) is 0 Å². The van der Waals surface area contributed by atoms with Crippen LogP contribution >= 0.6 is 0 Å². The van der Waals surface area contributed by atoms with Gasteiger partial charge in [0, 0.05) is 17.7 Å². The Hall–Kier alpha value is -3.15. The summed E-state index contributed by atoms with van der Waals surface area (Å²) in [6.07, 6.45) is 0.00616. The summed E-state index contributed by atoms with van der Waals surface area (Å²) in [5.74, 6) is -1.18. The number of nitrogens with one attached hydrogen (secondary N) is 1. The highest BCUT2D eigenvalue weighted by Gasteiger charge is 2.09. The predicted molar refractivity (Wildman–Crippen MR) is 90.8 cm³/mol. The summed E-state index contributed by atoms with van der Waals surface area (Å²) in [7, 11) is 0. The standard InChI is InChI=1S/C18H18N2O4/c1-12-2-4-14(5-3-12)18(23)19-15-8-6-13(7-9-15)16(20-24)10-11-17(21)22/h2-9,24H,10-11H2,1H3,(H,19,23)(H,21,22)/b20-16-. The molecule has 2 aromatic carbocycles. The van der Waals surface area contributed by atoms with Crippen LogP contribution in [0.1, 0.15) is 34.3 Å². The van der Waals surface area contributed by atoms with E-state index in [4.69, 9.17) is 10.3 Å². The Kier molecular flexibility index (Phi) is 5.68. The van der Waals surface area contributed by atoms with Gasteiger partial charge in [0.1, 0.15) is 0 Å². The van der Waals surface area contributed by atoms with Crippen LogP contribution < -0.4 is 5.32 Å². The maximum absolute atomic E-state index is 12.1. The Morgan fingerprint density at radius 3 is 2.08 bits per heavy atom. The Morgan fingerprint density at radius 1 is 0.958 bits per heavy atom. The van der Waals surface area contributed by atoms with Crippen LogP contribution in [0.25, 0.3) is 0 Å². The molecule has 0 fully saturated rings. The molecule has 0 spiro atoms. The van der Waals surface area contributed by atoms with Gasteiger partial charge in [-0.2, -0.15) is 0 Å². The summed E-state index contributed by atoms with van der Waals surface area (Å²) in [5.41, 5.74) is 3.12. The van der Waals surface area contributed by atoms with Gasteiger partial charge < -0.3 is 15.6 Å². The Morgan fingerprint density at radius 2 is 1.54 bits per heavy atom. The molecule has 0 radical (unpaired) electrons. The van der Waals surface area contributed by atoms with E-state index in [-0.39, 0.29) is 24.5 Å². The van der Waals surface area contributed by atoms with Gasteiger partial charge in [-0.05, 0) is 36.8 Å². The van der Waals surface area contributed by atoms with Crippen molar-refractivity contribution >= 4 is 23.3 Å². The van der Waals surface area contributed by atoms with Gasteiger partial charge in [0.15, 0.2) is 0 Å². The number of aryl methyl sites for hydroxylation is 1. The molecule has 24 heavy (non-hydrogen) atoms. The molecule has 0 unspecified atom stereocenters. The molecule has 0 heterocycles. The number of hydrogen-bond donors (Lipinski definition) is 3. The Labute approximate surface area is 139 Å². The Balaban J connectivity index is 2.04. The van der Waals surface area contributed by atoms with Crippen LogP contribution in [0.5, 0.6) is 0 Å². The third-order valence-electron chi connectivity index (χ3n) is 3.49. The largest absolute Gasteiger partial charge is 0.481 e. The molecule has 124 valence electrons. The van der Waals surface area contributed by atoms with Gasteiger partial charge in [0.05, 0.1) is 12.1 Å². The van der Waals surface area contributed by atoms with E-state index in [2.05, 4.69) is 10.5 Å². The molecule has 0 atom stereocenters. The number of carbonyl (C=O) groups is 2. The molecule has 6 nitrogen and oxygen atoms in total. The normalized spacial score (nSPS) is 11.1. The predicted octanol–water partition coefficient (Wildman–Crippen LogP) is 3.29. The maximum atomic E-state index is 12.1. The number of carbonyl (C=O) groups excluding carboxylic acids is 1. The van der Waals surface area contributed by atoms with Gasteiger partial charge in [-0.1, -0.05) is 35.0 Å². The number of nitrogens with zero attached hydrogens (tertiary/aromatic N) is 1. The smallest absolute Gasteiger partial charge is 0.303 e. The van der Waals surface area contributed by atoms with Gasteiger partial charge >= 0.3 is 5.97 Å².